The number of pyridine rings is 2. The zero-order valence-electron chi connectivity index (χ0n) is 17.2. The number of fused-ring (bicyclic) bond motifs is 2. The molecule has 0 saturated heterocycles. The number of aromatic amines is 2. The van der Waals surface area contributed by atoms with Crippen LogP contribution in [0.1, 0.15) is 5.56 Å². The number of nitrogens with one attached hydrogen (secondary N) is 2. The summed E-state index contributed by atoms with van der Waals surface area (Å²) in [6, 6.07) is 21.0. The van der Waals surface area contributed by atoms with E-state index in [1.165, 1.54) is 6.07 Å². The van der Waals surface area contributed by atoms with E-state index < -0.39 is 0 Å². The second-order valence-corrected chi connectivity index (χ2v) is 7.87. The number of halogens is 1. The highest BCUT2D eigenvalue weighted by Crippen LogP contribution is 2.34. The molecule has 154 valence electrons. The molecule has 0 fully saturated rings. The third kappa shape index (κ3) is 3.04. The van der Waals surface area contributed by atoms with Gasteiger partial charge in [0.1, 0.15) is 17.2 Å². The highest BCUT2D eigenvalue weighted by atomic mass is 19.1. The van der Waals surface area contributed by atoms with Crippen LogP contribution in [-0.2, 0) is 0 Å². The van der Waals surface area contributed by atoms with Gasteiger partial charge >= 0.3 is 0 Å². The molecule has 0 bridgehead atoms. The number of hydrogen-bond acceptors (Lipinski definition) is 3. The number of aromatic nitrogens is 5. The monoisotopic (exact) mass is 419 g/mol. The van der Waals surface area contributed by atoms with Gasteiger partial charge in [0, 0.05) is 28.7 Å². The Labute approximate surface area is 183 Å². The quantitative estimate of drug-likeness (QED) is 0.354. The molecule has 0 radical (unpaired) electrons. The van der Waals surface area contributed by atoms with Crippen LogP contribution in [0.2, 0.25) is 0 Å². The van der Waals surface area contributed by atoms with Crippen LogP contribution in [0.15, 0.2) is 79.1 Å². The lowest BCUT2D eigenvalue weighted by atomic mass is 10.0. The van der Waals surface area contributed by atoms with Gasteiger partial charge in [-0.25, -0.2) is 9.37 Å². The van der Waals surface area contributed by atoms with Crippen LogP contribution in [0.5, 0.6) is 0 Å². The summed E-state index contributed by atoms with van der Waals surface area (Å²) in [6.07, 6.45) is 3.52. The molecule has 6 heteroatoms. The van der Waals surface area contributed by atoms with E-state index in [2.05, 4.69) is 31.2 Å². The van der Waals surface area contributed by atoms with E-state index in [1.54, 1.807) is 18.5 Å². The van der Waals surface area contributed by atoms with Crippen LogP contribution in [0.4, 0.5) is 4.39 Å². The van der Waals surface area contributed by atoms with Gasteiger partial charge in [-0.2, -0.15) is 5.10 Å². The Morgan fingerprint density at radius 2 is 1.75 bits per heavy atom. The van der Waals surface area contributed by atoms with E-state index in [-0.39, 0.29) is 5.82 Å². The minimum Gasteiger partial charge on any atom is -0.338 e. The predicted octanol–water partition coefficient (Wildman–Crippen LogP) is 6.28. The molecule has 0 unspecified atom stereocenters. The summed E-state index contributed by atoms with van der Waals surface area (Å²) in [5, 5.41) is 9.58. The Morgan fingerprint density at radius 1 is 0.812 bits per heavy atom. The Bertz CT molecular complexity index is 1580. The molecular weight excluding hydrogens is 401 g/mol. The number of rotatable bonds is 3. The molecule has 2 N–H and O–H groups in total. The molecule has 6 rings (SSSR count). The minimum absolute atomic E-state index is 0.249. The Morgan fingerprint density at radius 3 is 2.59 bits per heavy atom. The van der Waals surface area contributed by atoms with Crippen molar-refractivity contribution in [2.75, 3.05) is 0 Å². The van der Waals surface area contributed by atoms with E-state index in [1.807, 2.05) is 55.5 Å². The molecule has 32 heavy (non-hydrogen) atoms. The fourth-order valence-electron chi connectivity index (χ4n) is 4.21. The first-order valence-electron chi connectivity index (χ1n) is 10.3. The van der Waals surface area contributed by atoms with Crippen LogP contribution in [0.25, 0.3) is 55.7 Å². The average Bonchev–Trinajstić information content (AvgIpc) is 3.42. The van der Waals surface area contributed by atoms with Gasteiger partial charge in [-0.15, -0.1) is 0 Å². The van der Waals surface area contributed by atoms with Gasteiger partial charge < -0.3 is 4.98 Å². The van der Waals surface area contributed by atoms with Crippen molar-refractivity contribution in [2.45, 2.75) is 6.92 Å². The number of hydrogen-bond donors (Lipinski definition) is 2. The second-order valence-electron chi connectivity index (χ2n) is 7.87. The largest absolute Gasteiger partial charge is 0.338 e. The normalized spacial score (nSPS) is 11.4. The zero-order chi connectivity index (χ0) is 21.7. The van der Waals surface area contributed by atoms with Crippen LogP contribution in [-0.4, -0.2) is 25.1 Å². The summed E-state index contributed by atoms with van der Waals surface area (Å²) >= 11 is 0. The van der Waals surface area contributed by atoms with Crippen molar-refractivity contribution in [2.24, 2.45) is 0 Å². The average molecular weight is 419 g/mol. The highest BCUT2D eigenvalue weighted by molar-refractivity contribution is 6.00. The third-order valence-corrected chi connectivity index (χ3v) is 5.66. The lowest BCUT2D eigenvalue weighted by Crippen LogP contribution is -1.85. The lowest BCUT2D eigenvalue weighted by molar-refractivity contribution is 0.627. The van der Waals surface area contributed by atoms with Crippen LogP contribution in [0, 0.1) is 12.7 Å². The van der Waals surface area contributed by atoms with E-state index in [0.717, 1.165) is 61.3 Å². The van der Waals surface area contributed by atoms with E-state index >= 15 is 0 Å². The van der Waals surface area contributed by atoms with Crippen molar-refractivity contribution in [1.29, 1.82) is 0 Å². The SMILES string of the molecule is Cc1cc(F)cc(-c2ccnc3[nH]c(-c4n[nH]c5ccc(-c6ccccn6)cc45)cc23)c1. The molecule has 4 heterocycles. The summed E-state index contributed by atoms with van der Waals surface area (Å²) in [5.41, 5.74) is 7.87. The molecule has 0 amide bonds. The fourth-order valence-corrected chi connectivity index (χ4v) is 4.21. The van der Waals surface area contributed by atoms with Crippen molar-refractivity contribution in [1.82, 2.24) is 25.1 Å². The summed E-state index contributed by atoms with van der Waals surface area (Å²) in [7, 11) is 0. The molecule has 4 aromatic heterocycles. The van der Waals surface area contributed by atoms with Crippen molar-refractivity contribution in [3.63, 3.8) is 0 Å². The first-order valence-corrected chi connectivity index (χ1v) is 10.3. The Hall–Kier alpha value is -4.32. The molecule has 0 spiro atoms. The highest BCUT2D eigenvalue weighted by Gasteiger charge is 2.15. The van der Waals surface area contributed by atoms with Gasteiger partial charge in [-0.05, 0) is 72.1 Å². The zero-order valence-corrected chi connectivity index (χ0v) is 17.2. The first kappa shape index (κ1) is 18.4. The van der Waals surface area contributed by atoms with Gasteiger partial charge in [0.15, 0.2) is 0 Å². The van der Waals surface area contributed by atoms with Crippen molar-refractivity contribution >= 4 is 21.9 Å². The molecule has 2 aromatic carbocycles. The third-order valence-electron chi connectivity index (χ3n) is 5.66. The maximum absolute atomic E-state index is 14.1. The van der Waals surface area contributed by atoms with Crippen LogP contribution < -0.4 is 0 Å². The van der Waals surface area contributed by atoms with Gasteiger partial charge in [0.25, 0.3) is 0 Å². The fraction of sp³-hybridized carbons (Fsp3) is 0.0385. The van der Waals surface area contributed by atoms with Gasteiger partial charge in [0.05, 0.1) is 16.9 Å². The number of benzene rings is 2. The van der Waals surface area contributed by atoms with Crippen LogP contribution >= 0.6 is 0 Å². The van der Waals surface area contributed by atoms with E-state index in [9.17, 15) is 4.39 Å². The number of aryl methyl sites for hydroxylation is 1. The maximum Gasteiger partial charge on any atom is 0.138 e. The lowest BCUT2D eigenvalue weighted by Gasteiger charge is -2.05. The standard InChI is InChI=1S/C26H18FN5/c1-15-10-17(12-18(27)11-15)19-7-9-29-26-20(19)14-24(30-26)25-21-13-16(5-6-23(21)31-32-25)22-4-2-3-8-28-22/h2-14H,1H3,(H,29,30)(H,31,32). The summed E-state index contributed by atoms with van der Waals surface area (Å²) in [6.45, 7) is 1.89. The Balaban J connectivity index is 1.52. The second kappa shape index (κ2) is 7.13. The van der Waals surface area contributed by atoms with Crippen LogP contribution in [0.3, 0.4) is 0 Å². The summed E-state index contributed by atoms with van der Waals surface area (Å²) < 4.78 is 14.1. The van der Waals surface area contributed by atoms with Gasteiger partial charge in [-0.1, -0.05) is 18.2 Å². The summed E-state index contributed by atoms with van der Waals surface area (Å²) in [4.78, 5) is 12.3. The van der Waals surface area contributed by atoms with E-state index in [0.29, 0.717) is 0 Å². The summed E-state index contributed by atoms with van der Waals surface area (Å²) in [5.74, 6) is -0.249. The van der Waals surface area contributed by atoms with Crippen molar-refractivity contribution in [3.8, 4) is 33.8 Å². The van der Waals surface area contributed by atoms with Gasteiger partial charge in [-0.3, -0.25) is 10.1 Å². The molecule has 6 aromatic rings. The first-order chi connectivity index (χ1) is 15.7. The smallest absolute Gasteiger partial charge is 0.138 e. The van der Waals surface area contributed by atoms with E-state index in [4.69, 9.17) is 0 Å². The number of nitrogens with zero attached hydrogens (tertiary/aromatic N) is 3. The maximum atomic E-state index is 14.1. The molecule has 0 aliphatic carbocycles. The predicted molar refractivity (Wildman–Crippen MR) is 125 cm³/mol. The molecule has 0 saturated carbocycles. The molecular formula is C26H18FN5. The topological polar surface area (TPSA) is 70.2 Å². The number of H-pyrrole nitrogens is 2. The van der Waals surface area contributed by atoms with Crippen molar-refractivity contribution < 1.29 is 4.39 Å². The minimum atomic E-state index is -0.249. The van der Waals surface area contributed by atoms with Gasteiger partial charge in [0.2, 0.25) is 0 Å². The molecule has 0 aliphatic heterocycles. The molecule has 0 atom stereocenters. The molecule has 5 nitrogen and oxygen atoms in total. The van der Waals surface area contributed by atoms with Crippen molar-refractivity contribution in [3.05, 3.63) is 90.5 Å². The molecule has 0 aliphatic rings. The Kier molecular flexibility index (Phi) is 4.11.